The fourth-order valence-corrected chi connectivity index (χ4v) is 6.48. The fourth-order valence-electron chi connectivity index (χ4n) is 4.73. The number of morpholine rings is 1. The first-order chi connectivity index (χ1) is 15.5. The number of piperidine rings is 1. The van der Waals surface area contributed by atoms with Gasteiger partial charge in [0.25, 0.3) is 5.91 Å². The molecule has 8 heteroatoms. The van der Waals surface area contributed by atoms with Crippen molar-refractivity contribution < 1.29 is 14.3 Å². The van der Waals surface area contributed by atoms with Crippen LogP contribution in [0, 0.1) is 6.92 Å². The summed E-state index contributed by atoms with van der Waals surface area (Å²) in [5.74, 6) is 0.0731. The number of nitrogens with zero attached hydrogens (tertiary/aromatic N) is 3. The Morgan fingerprint density at radius 3 is 2.91 bits per heavy atom. The largest absolute Gasteiger partial charge is 0.371 e. The smallest absolute Gasteiger partial charge is 0.254 e. The monoisotopic (exact) mass is 469 g/mol. The van der Waals surface area contributed by atoms with E-state index in [0.717, 1.165) is 59.5 Å². The molecule has 1 spiro atoms. The average Bonchev–Trinajstić information content (AvgIpc) is 3.40. The van der Waals surface area contributed by atoms with E-state index in [1.54, 1.807) is 22.7 Å². The lowest BCUT2D eigenvalue weighted by Crippen LogP contribution is -2.57. The van der Waals surface area contributed by atoms with Crippen LogP contribution >= 0.6 is 22.7 Å². The van der Waals surface area contributed by atoms with Crippen LogP contribution in [0.2, 0.25) is 0 Å². The molecule has 2 aliphatic heterocycles. The van der Waals surface area contributed by atoms with Gasteiger partial charge in [-0.25, -0.2) is 4.98 Å². The number of thiophene rings is 1. The number of aromatic nitrogens is 1. The van der Waals surface area contributed by atoms with E-state index in [4.69, 9.17) is 4.74 Å². The summed E-state index contributed by atoms with van der Waals surface area (Å²) < 4.78 is 7.38. The van der Waals surface area contributed by atoms with Gasteiger partial charge in [0.05, 0.1) is 34.0 Å². The van der Waals surface area contributed by atoms with E-state index in [-0.39, 0.29) is 11.5 Å². The van der Waals surface area contributed by atoms with Crippen molar-refractivity contribution in [1.82, 2.24) is 14.8 Å². The molecular weight excluding hydrogens is 442 g/mol. The van der Waals surface area contributed by atoms with Crippen molar-refractivity contribution in [1.29, 1.82) is 0 Å². The first kappa shape index (κ1) is 21.7. The van der Waals surface area contributed by atoms with E-state index in [1.165, 1.54) is 4.88 Å². The molecule has 0 saturated carbocycles. The summed E-state index contributed by atoms with van der Waals surface area (Å²) in [6, 6.07) is 7.99. The Morgan fingerprint density at radius 2 is 2.09 bits per heavy atom. The number of benzene rings is 1. The van der Waals surface area contributed by atoms with Gasteiger partial charge in [-0.2, -0.15) is 0 Å². The minimum atomic E-state index is -0.246. The van der Waals surface area contributed by atoms with Crippen LogP contribution in [0.4, 0.5) is 0 Å². The highest BCUT2D eigenvalue weighted by molar-refractivity contribution is 7.18. The molecule has 5 rings (SSSR count). The number of hydrogen-bond donors (Lipinski definition) is 0. The van der Waals surface area contributed by atoms with Gasteiger partial charge in [0.1, 0.15) is 6.29 Å². The minimum absolute atomic E-state index is 0.0731. The minimum Gasteiger partial charge on any atom is -0.371 e. The number of amides is 1. The van der Waals surface area contributed by atoms with E-state index in [0.29, 0.717) is 31.7 Å². The van der Waals surface area contributed by atoms with Gasteiger partial charge in [-0.05, 0) is 55.0 Å². The van der Waals surface area contributed by atoms with Gasteiger partial charge in [0, 0.05) is 43.0 Å². The standard InChI is InChI=1S/C24H27N3O3S2/c1-17-25-21-13-19(2-3-22(21)32-17)23(29)27-9-11-30-24(16-27)5-7-26(8-6-24)14-20-12-18(4-10-28)15-31-20/h2-3,10,12-13,15H,4-9,11,14,16H2,1H3. The molecule has 4 heterocycles. The molecule has 6 nitrogen and oxygen atoms in total. The van der Waals surface area contributed by atoms with Gasteiger partial charge in [-0.3, -0.25) is 9.69 Å². The molecule has 2 aliphatic rings. The Bertz CT molecular complexity index is 1130. The molecule has 0 bridgehead atoms. The Hall–Kier alpha value is -2.13. The van der Waals surface area contributed by atoms with E-state index in [9.17, 15) is 9.59 Å². The van der Waals surface area contributed by atoms with Crippen molar-refractivity contribution in [3.63, 3.8) is 0 Å². The molecule has 2 saturated heterocycles. The maximum absolute atomic E-state index is 13.2. The van der Waals surface area contributed by atoms with E-state index < -0.39 is 0 Å². The number of carbonyl (C=O) groups excluding carboxylic acids is 2. The van der Waals surface area contributed by atoms with Crippen molar-refractivity contribution in [2.24, 2.45) is 0 Å². The number of likely N-dealkylation sites (tertiary alicyclic amines) is 1. The molecule has 1 aromatic carbocycles. The van der Waals surface area contributed by atoms with E-state index in [1.807, 2.05) is 30.0 Å². The second kappa shape index (κ2) is 9.02. The molecule has 0 N–H and O–H groups in total. The molecule has 0 aliphatic carbocycles. The first-order valence-corrected chi connectivity index (χ1v) is 12.8. The number of fused-ring (bicyclic) bond motifs is 1. The lowest BCUT2D eigenvalue weighted by Gasteiger charge is -2.47. The van der Waals surface area contributed by atoms with Gasteiger partial charge in [0.15, 0.2) is 0 Å². The third-order valence-electron chi connectivity index (χ3n) is 6.45. The normalized spacial score (nSPS) is 19.0. The maximum Gasteiger partial charge on any atom is 0.254 e. The SMILES string of the molecule is Cc1nc2cc(C(=O)N3CCOC4(CCN(Cc5cc(CC=O)cs5)CC4)C3)ccc2s1. The number of ether oxygens (including phenoxy) is 1. The van der Waals surface area contributed by atoms with Crippen molar-refractivity contribution in [2.75, 3.05) is 32.8 Å². The van der Waals surface area contributed by atoms with Crippen LogP contribution in [0.5, 0.6) is 0 Å². The highest BCUT2D eigenvalue weighted by Crippen LogP contribution is 2.32. The number of aryl methyl sites for hydroxylation is 1. The fraction of sp³-hybridized carbons (Fsp3) is 0.458. The van der Waals surface area contributed by atoms with Crippen LogP contribution in [0.1, 0.15) is 38.6 Å². The maximum atomic E-state index is 13.2. The van der Waals surface area contributed by atoms with Crippen molar-refractivity contribution in [2.45, 2.75) is 38.3 Å². The summed E-state index contributed by atoms with van der Waals surface area (Å²) in [7, 11) is 0. The van der Waals surface area contributed by atoms with Crippen LogP contribution in [-0.4, -0.2) is 65.4 Å². The molecule has 2 aromatic heterocycles. The number of rotatable bonds is 5. The van der Waals surface area contributed by atoms with Crippen LogP contribution < -0.4 is 0 Å². The zero-order chi connectivity index (χ0) is 22.1. The summed E-state index contributed by atoms with van der Waals surface area (Å²) in [6.45, 7) is 6.68. The van der Waals surface area contributed by atoms with Crippen LogP contribution in [0.3, 0.4) is 0 Å². The summed E-state index contributed by atoms with van der Waals surface area (Å²) in [4.78, 5) is 34.2. The summed E-state index contributed by atoms with van der Waals surface area (Å²) in [5.41, 5.74) is 2.47. The second-order valence-corrected chi connectivity index (χ2v) is 11.0. The number of hydrogen-bond acceptors (Lipinski definition) is 7. The molecular formula is C24H27N3O3S2. The molecule has 1 amide bonds. The van der Waals surface area contributed by atoms with E-state index >= 15 is 0 Å². The third-order valence-corrected chi connectivity index (χ3v) is 8.37. The Labute approximate surface area is 195 Å². The molecule has 168 valence electrons. The molecule has 0 atom stereocenters. The van der Waals surface area contributed by atoms with Crippen LogP contribution in [0.25, 0.3) is 10.2 Å². The summed E-state index contributed by atoms with van der Waals surface area (Å²) in [6.07, 6.45) is 3.30. The first-order valence-electron chi connectivity index (χ1n) is 11.1. The Morgan fingerprint density at radius 1 is 1.25 bits per heavy atom. The average molecular weight is 470 g/mol. The van der Waals surface area contributed by atoms with Crippen LogP contribution in [-0.2, 0) is 22.5 Å². The zero-order valence-corrected chi connectivity index (χ0v) is 19.8. The molecule has 0 radical (unpaired) electrons. The van der Waals surface area contributed by atoms with Gasteiger partial charge in [-0.15, -0.1) is 22.7 Å². The zero-order valence-electron chi connectivity index (χ0n) is 18.2. The van der Waals surface area contributed by atoms with Gasteiger partial charge >= 0.3 is 0 Å². The topological polar surface area (TPSA) is 62.7 Å². The van der Waals surface area contributed by atoms with Gasteiger partial charge in [0.2, 0.25) is 0 Å². The Balaban J connectivity index is 1.21. The summed E-state index contributed by atoms with van der Waals surface area (Å²) in [5, 5.41) is 3.09. The number of thiazole rings is 1. The molecule has 0 unspecified atom stereocenters. The predicted octanol–water partition coefficient (Wildman–Crippen LogP) is 3.91. The predicted molar refractivity (Wildman–Crippen MR) is 128 cm³/mol. The highest BCUT2D eigenvalue weighted by Gasteiger charge is 2.41. The molecule has 3 aromatic rings. The van der Waals surface area contributed by atoms with Gasteiger partial charge in [-0.1, -0.05) is 0 Å². The quantitative estimate of drug-likeness (QED) is 0.530. The number of carbonyl (C=O) groups is 2. The second-order valence-electron chi connectivity index (χ2n) is 8.74. The molecule has 2 fully saturated rings. The number of aldehydes is 1. The lowest BCUT2D eigenvalue weighted by molar-refractivity contribution is -0.127. The highest BCUT2D eigenvalue weighted by atomic mass is 32.1. The van der Waals surface area contributed by atoms with Crippen LogP contribution in [0.15, 0.2) is 29.6 Å². The van der Waals surface area contributed by atoms with E-state index in [2.05, 4.69) is 21.3 Å². The summed E-state index contributed by atoms with van der Waals surface area (Å²) >= 11 is 3.38. The van der Waals surface area contributed by atoms with Crippen molar-refractivity contribution in [3.8, 4) is 0 Å². The van der Waals surface area contributed by atoms with Crippen molar-refractivity contribution in [3.05, 3.63) is 50.7 Å². The lowest BCUT2D eigenvalue weighted by atomic mass is 9.89. The van der Waals surface area contributed by atoms with Crippen molar-refractivity contribution >= 4 is 45.1 Å². The third kappa shape index (κ3) is 4.50. The van der Waals surface area contributed by atoms with Gasteiger partial charge < -0.3 is 14.4 Å². The molecule has 32 heavy (non-hydrogen) atoms. The Kier molecular flexibility index (Phi) is 6.11.